The lowest BCUT2D eigenvalue weighted by atomic mass is 10.2. The third-order valence-electron chi connectivity index (χ3n) is 4.89. The summed E-state index contributed by atoms with van der Waals surface area (Å²) in [6.45, 7) is 0.205. The lowest BCUT2D eigenvalue weighted by molar-refractivity contribution is 0.0925. The van der Waals surface area contributed by atoms with Crippen molar-refractivity contribution in [1.29, 1.82) is 0 Å². The van der Waals surface area contributed by atoms with E-state index in [2.05, 4.69) is 10.3 Å². The summed E-state index contributed by atoms with van der Waals surface area (Å²) in [7, 11) is -0.999. The molecule has 0 radical (unpaired) electrons. The summed E-state index contributed by atoms with van der Waals surface area (Å²) in [4.78, 5) is 16.5. The summed E-state index contributed by atoms with van der Waals surface area (Å²) >= 11 is 0. The minimum Gasteiger partial charge on any atom is -0.493 e. The SMILES string of the molecule is COc1cccc(S(=O)(=O)c2ccc(CNC(=O)c3cc4ccncc4o3)cc2)c1OC. The van der Waals surface area contributed by atoms with E-state index in [0.717, 1.165) is 10.9 Å². The van der Waals surface area contributed by atoms with Crippen molar-refractivity contribution in [2.75, 3.05) is 14.2 Å². The van der Waals surface area contributed by atoms with Gasteiger partial charge in [0.15, 0.2) is 22.8 Å². The molecule has 0 saturated heterocycles. The number of aromatic nitrogens is 1. The van der Waals surface area contributed by atoms with E-state index in [1.54, 1.807) is 48.8 Å². The van der Waals surface area contributed by atoms with Gasteiger partial charge in [-0.15, -0.1) is 0 Å². The molecule has 0 bridgehead atoms. The number of pyridine rings is 1. The maximum absolute atomic E-state index is 13.1. The number of fused-ring (bicyclic) bond motifs is 1. The van der Waals surface area contributed by atoms with Crippen molar-refractivity contribution >= 4 is 26.7 Å². The number of furan rings is 1. The van der Waals surface area contributed by atoms with E-state index >= 15 is 0 Å². The molecule has 8 nitrogen and oxygen atoms in total. The Bertz CT molecular complexity index is 1340. The molecule has 164 valence electrons. The summed E-state index contributed by atoms with van der Waals surface area (Å²) in [5.41, 5.74) is 1.26. The van der Waals surface area contributed by atoms with Crippen molar-refractivity contribution in [3.05, 3.63) is 78.3 Å². The molecule has 0 unspecified atom stereocenters. The van der Waals surface area contributed by atoms with Crippen LogP contribution < -0.4 is 14.8 Å². The Kier molecular flexibility index (Phi) is 5.83. The van der Waals surface area contributed by atoms with Crippen LogP contribution in [-0.4, -0.2) is 33.5 Å². The minimum absolute atomic E-state index is 0.0137. The van der Waals surface area contributed by atoms with Gasteiger partial charge in [0.1, 0.15) is 4.90 Å². The van der Waals surface area contributed by atoms with Crippen LogP contribution >= 0.6 is 0 Å². The van der Waals surface area contributed by atoms with E-state index in [0.29, 0.717) is 11.3 Å². The number of rotatable bonds is 7. The second-order valence-corrected chi connectivity index (χ2v) is 8.76. The normalized spacial score (nSPS) is 11.3. The Morgan fingerprint density at radius 1 is 1.06 bits per heavy atom. The molecule has 0 aliphatic heterocycles. The molecule has 9 heteroatoms. The number of methoxy groups -OCH3 is 2. The molecule has 2 heterocycles. The molecule has 1 amide bonds. The predicted molar refractivity (Wildman–Crippen MR) is 117 cm³/mol. The average Bonchev–Trinajstić information content (AvgIpc) is 3.26. The molecule has 32 heavy (non-hydrogen) atoms. The molecule has 4 aromatic rings. The maximum atomic E-state index is 13.1. The molecule has 0 spiro atoms. The van der Waals surface area contributed by atoms with Crippen molar-refractivity contribution < 1.29 is 27.1 Å². The third-order valence-corrected chi connectivity index (χ3v) is 6.68. The zero-order chi connectivity index (χ0) is 22.7. The highest BCUT2D eigenvalue weighted by molar-refractivity contribution is 7.91. The summed E-state index contributed by atoms with van der Waals surface area (Å²) in [5, 5.41) is 3.55. The van der Waals surface area contributed by atoms with Crippen molar-refractivity contribution in [3.8, 4) is 11.5 Å². The molecule has 2 aromatic carbocycles. The first-order valence-corrected chi connectivity index (χ1v) is 11.1. The van der Waals surface area contributed by atoms with Crippen molar-refractivity contribution in [2.45, 2.75) is 16.3 Å². The fourth-order valence-electron chi connectivity index (χ4n) is 3.25. The molecule has 1 N–H and O–H groups in total. The largest absolute Gasteiger partial charge is 0.493 e. The van der Waals surface area contributed by atoms with Gasteiger partial charge < -0.3 is 19.2 Å². The summed E-state index contributed by atoms with van der Waals surface area (Å²) in [6, 6.07) is 14.3. The smallest absolute Gasteiger partial charge is 0.287 e. The second kappa shape index (κ2) is 8.72. The zero-order valence-electron chi connectivity index (χ0n) is 17.4. The number of para-hydroxylation sites is 1. The Morgan fingerprint density at radius 3 is 2.53 bits per heavy atom. The Balaban J connectivity index is 1.50. The minimum atomic E-state index is -3.83. The monoisotopic (exact) mass is 452 g/mol. The van der Waals surface area contributed by atoms with E-state index in [4.69, 9.17) is 13.9 Å². The van der Waals surface area contributed by atoms with Gasteiger partial charge in [-0.2, -0.15) is 0 Å². The lowest BCUT2D eigenvalue weighted by Gasteiger charge is -2.13. The van der Waals surface area contributed by atoms with E-state index in [-0.39, 0.29) is 33.8 Å². The molecular weight excluding hydrogens is 432 g/mol. The molecular formula is C23H20N2O6S. The van der Waals surface area contributed by atoms with Crippen molar-refractivity contribution in [2.24, 2.45) is 0 Å². The summed E-state index contributed by atoms with van der Waals surface area (Å²) < 4.78 is 42.2. The van der Waals surface area contributed by atoms with Crippen molar-refractivity contribution in [1.82, 2.24) is 10.3 Å². The number of nitrogens with one attached hydrogen (secondary N) is 1. The number of amides is 1. The predicted octanol–water partition coefficient (Wildman–Crippen LogP) is 3.61. The van der Waals surface area contributed by atoms with Crippen LogP contribution in [0.1, 0.15) is 16.1 Å². The lowest BCUT2D eigenvalue weighted by Crippen LogP contribution is -2.22. The Morgan fingerprint density at radius 2 is 1.84 bits per heavy atom. The van der Waals surface area contributed by atoms with Gasteiger partial charge in [0.25, 0.3) is 5.91 Å². The highest BCUT2D eigenvalue weighted by atomic mass is 32.2. The molecule has 4 rings (SSSR count). The van der Waals surface area contributed by atoms with Gasteiger partial charge in [0, 0.05) is 18.1 Å². The molecule has 0 aliphatic carbocycles. The van der Waals surface area contributed by atoms with Gasteiger partial charge in [-0.1, -0.05) is 18.2 Å². The number of carbonyl (C=O) groups is 1. The topological polar surface area (TPSA) is 108 Å². The number of ether oxygens (including phenoxy) is 2. The fourth-order valence-corrected chi connectivity index (χ4v) is 4.68. The standard InChI is InChI=1S/C23H20N2O6S/c1-29-18-4-3-5-21(22(18)30-2)32(27,28)17-8-6-15(7-9-17)13-25-23(26)19-12-16-10-11-24-14-20(16)31-19/h3-12,14H,13H2,1-2H3,(H,25,26). The Hall–Kier alpha value is -3.85. The van der Waals surface area contributed by atoms with E-state index in [1.165, 1.54) is 32.4 Å². The highest BCUT2D eigenvalue weighted by Crippen LogP contribution is 2.36. The van der Waals surface area contributed by atoms with Crippen LogP contribution in [0.2, 0.25) is 0 Å². The molecule has 0 aliphatic rings. The number of sulfone groups is 1. The zero-order valence-corrected chi connectivity index (χ0v) is 18.2. The highest BCUT2D eigenvalue weighted by Gasteiger charge is 2.24. The van der Waals surface area contributed by atoms with Crippen LogP contribution in [0.4, 0.5) is 0 Å². The molecule has 0 saturated carbocycles. The van der Waals surface area contributed by atoms with Crippen LogP contribution in [0.15, 0.2) is 81.2 Å². The number of carbonyl (C=O) groups excluding carboxylic acids is 1. The third kappa shape index (κ3) is 4.02. The molecule has 2 aromatic heterocycles. The maximum Gasteiger partial charge on any atom is 0.287 e. The van der Waals surface area contributed by atoms with Crippen LogP contribution in [0.3, 0.4) is 0 Å². The number of hydrogen-bond acceptors (Lipinski definition) is 7. The van der Waals surface area contributed by atoms with Gasteiger partial charge in [-0.05, 0) is 42.0 Å². The van der Waals surface area contributed by atoms with Gasteiger partial charge in [-0.25, -0.2) is 8.42 Å². The fraction of sp³-hybridized carbons (Fsp3) is 0.130. The van der Waals surface area contributed by atoms with Crippen LogP contribution in [-0.2, 0) is 16.4 Å². The Labute approximate surface area is 184 Å². The second-order valence-electron chi connectivity index (χ2n) is 6.85. The van der Waals surface area contributed by atoms with Gasteiger partial charge >= 0.3 is 0 Å². The first kappa shape index (κ1) is 21.4. The van der Waals surface area contributed by atoms with Gasteiger partial charge in [0.2, 0.25) is 9.84 Å². The summed E-state index contributed by atoms with van der Waals surface area (Å²) in [6.07, 6.45) is 3.17. The van der Waals surface area contributed by atoms with Gasteiger partial charge in [-0.3, -0.25) is 9.78 Å². The van der Waals surface area contributed by atoms with Gasteiger partial charge in [0.05, 0.1) is 25.3 Å². The molecule has 0 atom stereocenters. The van der Waals surface area contributed by atoms with Crippen molar-refractivity contribution in [3.63, 3.8) is 0 Å². The van der Waals surface area contributed by atoms with E-state index in [1.807, 2.05) is 0 Å². The van der Waals surface area contributed by atoms with E-state index < -0.39 is 9.84 Å². The summed E-state index contributed by atoms with van der Waals surface area (Å²) in [5.74, 6) is 0.276. The number of hydrogen-bond donors (Lipinski definition) is 1. The number of benzene rings is 2. The average molecular weight is 452 g/mol. The number of nitrogens with zero attached hydrogens (tertiary/aromatic N) is 1. The quantitative estimate of drug-likeness (QED) is 0.456. The first-order chi connectivity index (χ1) is 15.4. The van der Waals surface area contributed by atoms with Crippen LogP contribution in [0.5, 0.6) is 11.5 Å². The first-order valence-electron chi connectivity index (χ1n) is 9.61. The van der Waals surface area contributed by atoms with Crippen LogP contribution in [0, 0.1) is 0 Å². The van der Waals surface area contributed by atoms with E-state index in [9.17, 15) is 13.2 Å². The molecule has 0 fully saturated rings. The van der Waals surface area contributed by atoms with Crippen LogP contribution in [0.25, 0.3) is 11.0 Å².